The Morgan fingerprint density at radius 2 is 1.98 bits per heavy atom. The minimum atomic E-state index is -1.36. The number of carbonyl (C=O) groups is 4. The third kappa shape index (κ3) is 5.95. The summed E-state index contributed by atoms with van der Waals surface area (Å²) in [7, 11) is 0. The van der Waals surface area contributed by atoms with Crippen molar-refractivity contribution in [1.82, 2.24) is 16.2 Å². The summed E-state index contributed by atoms with van der Waals surface area (Å²) in [6.45, 7) is 7.80. The minimum absolute atomic E-state index is 0.0529. The van der Waals surface area contributed by atoms with Gasteiger partial charge < -0.3 is 20.3 Å². The van der Waals surface area contributed by atoms with Gasteiger partial charge in [-0.2, -0.15) is 0 Å². The molecule has 2 saturated carbocycles. The van der Waals surface area contributed by atoms with Gasteiger partial charge in [-0.25, -0.2) is 5.43 Å². The topological polar surface area (TPSA) is 154 Å². The predicted molar refractivity (Wildman–Crippen MR) is 147 cm³/mol. The Balaban J connectivity index is 1.31. The number of fused-ring (bicyclic) bond motifs is 1. The fourth-order valence-corrected chi connectivity index (χ4v) is 7.27. The summed E-state index contributed by atoms with van der Waals surface area (Å²) in [6, 6.07) is -0.670. The first kappa shape index (κ1) is 30.6. The maximum absolute atomic E-state index is 13.2. The molecule has 3 aliphatic carbocycles. The lowest BCUT2D eigenvalue weighted by atomic mass is 9.57. The first-order valence-corrected chi connectivity index (χ1v) is 14.7. The summed E-state index contributed by atoms with van der Waals surface area (Å²) in [5.41, 5.74) is 4.61. The third-order valence-corrected chi connectivity index (χ3v) is 10.1. The van der Waals surface area contributed by atoms with Crippen LogP contribution in [-0.2, 0) is 23.9 Å². The normalized spacial score (nSPS) is 36.9. The molecule has 0 aromatic heterocycles. The Morgan fingerprint density at radius 3 is 2.65 bits per heavy atom. The van der Waals surface area contributed by atoms with Crippen LogP contribution in [0.4, 0.5) is 0 Å². The summed E-state index contributed by atoms with van der Waals surface area (Å²) in [5.74, 6) is -2.85. The van der Waals surface area contributed by atoms with Gasteiger partial charge in [-0.1, -0.05) is 32.4 Å². The van der Waals surface area contributed by atoms with Crippen molar-refractivity contribution in [2.24, 2.45) is 29.1 Å². The molecule has 1 aliphatic heterocycles. The molecule has 1 saturated heterocycles. The number of ketones is 2. The standard InChI is InChI=1S/C30H45N3O7/c1-5-19-13-21(34)10-11-29(19,4)23-14-20-8-9-22(30(20,39)15-25(23)35)26(36)16-40-28(38)17(2)18(3)32-33-27(37)24-7-6-12-31-24/h10-11,13,17-18,20,22-25,31-32,35,39H,5-9,12,14-16H2,1-4H3,(H,33,37)/t17?,18?,20?,22-,23?,24?,25?,29?,30?/m1/s1. The molecule has 0 radical (unpaired) electrons. The molecular weight excluding hydrogens is 514 g/mol. The number of carbonyl (C=O) groups excluding carboxylic acids is 4. The van der Waals surface area contributed by atoms with E-state index in [1.807, 2.05) is 19.9 Å². The van der Waals surface area contributed by atoms with Crippen molar-refractivity contribution >= 4 is 23.4 Å². The molecule has 0 bridgehead atoms. The van der Waals surface area contributed by atoms with Gasteiger partial charge in [-0.05, 0) is 76.0 Å². The second kappa shape index (κ2) is 12.2. The van der Waals surface area contributed by atoms with E-state index in [-0.39, 0.29) is 41.8 Å². The van der Waals surface area contributed by atoms with Crippen LogP contribution in [0.2, 0.25) is 0 Å². The van der Waals surface area contributed by atoms with E-state index in [0.29, 0.717) is 25.7 Å². The Bertz CT molecular complexity index is 1070. The Labute approximate surface area is 236 Å². The number of hydrogen-bond donors (Lipinski definition) is 5. The van der Waals surface area contributed by atoms with Gasteiger partial charge in [0.25, 0.3) is 5.91 Å². The van der Waals surface area contributed by atoms with E-state index < -0.39 is 47.6 Å². The summed E-state index contributed by atoms with van der Waals surface area (Å²) in [5, 5.41) is 26.0. The van der Waals surface area contributed by atoms with Crippen LogP contribution in [0.1, 0.15) is 72.6 Å². The highest BCUT2D eigenvalue weighted by atomic mass is 16.5. The number of aliphatic hydroxyl groups is 2. The second-order valence-electron chi connectivity index (χ2n) is 12.4. The highest BCUT2D eigenvalue weighted by Gasteiger charge is 2.59. The maximum Gasteiger partial charge on any atom is 0.310 e. The maximum atomic E-state index is 13.2. The van der Waals surface area contributed by atoms with E-state index in [1.165, 1.54) is 0 Å². The number of hydrogen-bond acceptors (Lipinski definition) is 9. The zero-order valence-electron chi connectivity index (χ0n) is 24.1. The Kier molecular flexibility index (Phi) is 9.34. The molecule has 8 unspecified atom stereocenters. The molecule has 10 heteroatoms. The van der Waals surface area contributed by atoms with Gasteiger partial charge in [0, 0.05) is 17.9 Å². The Morgan fingerprint density at radius 1 is 1.23 bits per heavy atom. The van der Waals surface area contributed by atoms with E-state index >= 15 is 0 Å². The number of amides is 1. The quantitative estimate of drug-likeness (QED) is 0.198. The SMILES string of the molecule is CCC1=CC(=O)C=CC1(C)C1CC2CC[C@H](C(=O)COC(=O)C(C)C(C)NNC(=O)C3CCCN3)C2(O)CC1O. The van der Waals surface area contributed by atoms with Gasteiger partial charge in [0.15, 0.2) is 11.6 Å². The molecule has 0 aromatic rings. The van der Waals surface area contributed by atoms with E-state index in [4.69, 9.17) is 4.74 Å². The van der Waals surface area contributed by atoms with Crippen LogP contribution < -0.4 is 16.2 Å². The van der Waals surface area contributed by atoms with Crippen LogP contribution in [0.3, 0.4) is 0 Å². The van der Waals surface area contributed by atoms with E-state index in [9.17, 15) is 29.4 Å². The van der Waals surface area contributed by atoms with Crippen LogP contribution in [0.15, 0.2) is 23.8 Å². The van der Waals surface area contributed by atoms with Crippen molar-refractivity contribution in [3.05, 3.63) is 23.8 Å². The highest BCUT2D eigenvalue weighted by molar-refractivity contribution is 6.01. The van der Waals surface area contributed by atoms with Gasteiger partial charge in [0.05, 0.1) is 29.6 Å². The van der Waals surface area contributed by atoms with Crippen LogP contribution in [0.5, 0.6) is 0 Å². The number of Topliss-reactive ketones (excluding diaryl/α,β-unsaturated/α-hetero) is 1. The van der Waals surface area contributed by atoms with Crippen molar-refractivity contribution in [3.63, 3.8) is 0 Å². The van der Waals surface area contributed by atoms with Crippen molar-refractivity contribution in [2.45, 2.75) is 96.4 Å². The first-order valence-electron chi connectivity index (χ1n) is 14.7. The molecule has 1 heterocycles. The van der Waals surface area contributed by atoms with Crippen molar-refractivity contribution in [2.75, 3.05) is 13.2 Å². The number of rotatable bonds is 10. The molecule has 40 heavy (non-hydrogen) atoms. The lowest BCUT2D eigenvalue weighted by Crippen LogP contribution is -2.55. The Hall–Kier alpha value is -2.40. The van der Waals surface area contributed by atoms with E-state index in [1.54, 1.807) is 26.0 Å². The molecule has 4 rings (SSSR count). The van der Waals surface area contributed by atoms with E-state index in [2.05, 4.69) is 16.2 Å². The molecule has 5 N–H and O–H groups in total. The molecule has 222 valence electrons. The minimum Gasteiger partial charge on any atom is -0.457 e. The van der Waals surface area contributed by atoms with Gasteiger partial charge in [0.2, 0.25) is 0 Å². The number of hydrazine groups is 1. The molecule has 0 aromatic carbocycles. The number of aliphatic hydroxyl groups excluding tert-OH is 1. The van der Waals surface area contributed by atoms with Gasteiger partial charge in [-0.15, -0.1) is 0 Å². The number of allylic oxidation sites excluding steroid dienone is 4. The van der Waals surface area contributed by atoms with Gasteiger partial charge in [-0.3, -0.25) is 24.6 Å². The molecule has 9 atom stereocenters. The number of nitrogens with one attached hydrogen (secondary N) is 3. The summed E-state index contributed by atoms with van der Waals surface area (Å²) in [4.78, 5) is 50.0. The molecule has 1 amide bonds. The zero-order chi connectivity index (χ0) is 29.2. The van der Waals surface area contributed by atoms with E-state index in [0.717, 1.165) is 25.0 Å². The summed E-state index contributed by atoms with van der Waals surface area (Å²) < 4.78 is 5.35. The monoisotopic (exact) mass is 559 g/mol. The van der Waals surface area contributed by atoms with Gasteiger partial charge >= 0.3 is 5.97 Å². The summed E-state index contributed by atoms with van der Waals surface area (Å²) in [6.07, 6.45) is 8.35. The third-order valence-electron chi connectivity index (χ3n) is 10.1. The molecular formula is C30H45N3O7. The largest absolute Gasteiger partial charge is 0.457 e. The molecule has 3 fully saturated rings. The van der Waals surface area contributed by atoms with Gasteiger partial charge in [0.1, 0.15) is 6.61 Å². The number of ether oxygens (including phenoxy) is 1. The zero-order valence-corrected chi connectivity index (χ0v) is 24.1. The van der Waals surface area contributed by atoms with Crippen molar-refractivity contribution < 1.29 is 34.1 Å². The van der Waals surface area contributed by atoms with Crippen LogP contribution in [0, 0.1) is 29.1 Å². The fraction of sp³-hybridized carbons (Fsp3) is 0.733. The molecule has 0 spiro atoms. The molecule has 10 nitrogen and oxygen atoms in total. The van der Waals surface area contributed by atoms with Crippen molar-refractivity contribution in [1.29, 1.82) is 0 Å². The first-order chi connectivity index (χ1) is 18.9. The lowest BCUT2D eigenvalue weighted by Gasteiger charge is -2.50. The second-order valence-corrected chi connectivity index (χ2v) is 12.4. The van der Waals surface area contributed by atoms with Crippen LogP contribution in [0.25, 0.3) is 0 Å². The fourth-order valence-electron chi connectivity index (χ4n) is 7.27. The average molecular weight is 560 g/mol. The highest BCUT2D eigenvalue weighted by Crippen LogP contribution is 2.56. The van der Waals surface area contributed by atoms with Crippen LogP contribution >= 0.6 is 0 Å². The predicted octanol–water partition coefficient (Wildman–Crippen LogP) is 1.51. The summed E-state index contributed by atoms with van der Waals surface area (Å²) >= 11 is 0. The lowest BCUT2D eigenvalue weighted by molar-refractivity contribution is -0.161. The van der Waals surface area contributed by atoms with Crippen LogP contribution in [-0.4, -0.2) is 70.6 Å². The smallest absolute Gasteiger partial charge is 0.310 e. The molecule has 4 aliphatic rings. The average Bonchev–Trinajstić information content (AvgIpc) is 3.58. The number of esters is 1. The van der Waals surface area contributed by atoms with Crippen molar-refractivity contribution in [3.8, 4) is 0 Å².